The Labute approximate surface area is 137 Å². The molecule has 0 radical (unpaired) electrons. The van der Waals surface area contributed by atoms with E-state index in [1.165, 1.54) is 0 Å². The van der Waals surface area contributed by atoms with Gasteiger partial charge in [-0.3, -0.25) is 4.90 Å². The van der Waals surface area contributed by atoms with Gasteiger partial charge in [0.1, 0.15) is 11.4 Å². The summed E-state index contributed by atoms with van der Waals surface area (Å²) in [7, 11) is 0. The number of carbonyl (C=O) groups excluding carboxylic acids is 1. The molecule has 1 saturated heterocycles. The molecule has 2 atom stereocenters. The molecule has 1 aromatic rings. The smallest absolute Gasteiger partial charge is 0.415 e. The van der Waals surface area contributed by atoms with E-state index in [2.05, 4.69) is 6.92 Å². The standard InChI is InChI=1S/C18H26N2O3/c1-3-22-15-7-4-6-14(10-15)20-13-18(23-16(20)21)9-5-8-17(2,11-18)12-19/h4,6-7,10H,3,5,8-9,11-13,19H2,1-2H3/t17-,18-/m0/s1. The number of amides is 1. The number of carbonyl (C=O) groups is 1. The van der Waals surface area contributed by atoms with E-state index >= 15 is 0 Å². The second-order valence-electron chi connectivity index (χ2n) is 7.11. The van der Waals surface area contributed by atoms with Gasteiger partial charge in [0.2, 0.25) is 0 Å². The van der Waals surface area contributed by atoms with Crippen LogP contribution < -0.4 is 15.4 Å². The first-order valence-electron chi connectivity index (χ1n) is 8.43. The molecule has 2 fully saturated rings. The van der Waals surface area contributed by atoms with Gasteiger partial charge in [-0.2, -0.15) is 0 Å². The molecule has 1 saturated carbocycles. The molecular weight excluding hydrogens is 292 g/mol. The molecule has 23 heavy (non-hydrogen) atoms. The van der Waals surface area contributed by atoms with Crippen LogP contribution in [0.4, 0.5) is 10.5 Å². The lowest BCUT2D eigenvalue weighted by Crippen LogP contribution is -2.46. The van der Waals surface area contributed by atoms with Crippen molar-refractivity contribution < 1.29 is 14.3 Å². The Hall–Kier alpha value is -1.75. The summed E-state index contributed by atoms with van der Waals surface area (Å²) in [5.41, 5.74) is 6.44. The van der Waals surface area contributed by atoms with E-state index in [1.807, 2.05) is 31.2 Å². The number of hydrogen-bond acceptors (Lipinski definition) is 4. The summed E-state index contributed by atoms with van der Waals surface area (Å²) in [6.07, 6.45) is 3.64. The Balaban J connectivity index is 1.81. The van der Waals surface area contributed by atoms with Crippen molar-refractivity contribution in [1.29, 1.82) is 0 Å². The number of nitrogens with two attached hydrogens (primary N) is 1. The summed E-state index contributed by atoms with van der Waals surface area (Å²) in [5, 5.41) is 0. The lowest BCUT2D eigenvalue weighted by Gasteiger charge is -2.42. The zero-order valence-electron chi connectivity index (χ0n) is 14.0. The van der Waals surface area contributed by atoms with Crippen molar-refractivity contribution in [1.82, 2.24) is 0 Å². The Morgan fingerprint density at radius 2 is 2.22 bits per heavy atom. The predicted octanol–water partition coefficient (Wildman–Crippen LogP) is 3.32. The number of nitrogens with zero attached hydrogens (tertiary/aromatic N) is 1. The zero-order valence-corrected chi connectivity index (χ0v) is 14.0. The van der Waals surface area contributed by atoms with E-state index in [9.17, 15) is 4.79 Å². The number of rotatable bonds is 4. The van der Waals surface area contributed by atoms with Gasteiger partial charge < -0.3 is 15.2 Å². The number of hydrogen-bond donors (Lipinski definition) is 1. The van der Waals surface area contributed by atoms with Crippen molar-refractivity contribution in [3.05, 3.63) is 24.3 Å². The molecule has 0 aromatic heterocycles. The molecule has 2 N–H and O–H groups in total. The summed E-state index contributed by atoms with van der Waals surface area (Å²) < 4.78 is 11.4. The van der Waals surface area contributed by atoms with Crippen LogP contribution in [0, 0.1) is 5.41 Å². The minimum Gasteiger partial charge on any atom is -0.494 e. The molecule has 1 aliphatic carbocycles. The van der Waals surface area contributed by atoms with Gasteiger partial charge in [0.05, 0.1) is 18.8 Å². The SMILES string of the molecule is CCOc1cccc(N2C[C@@]3(CCC[C@](C)(CN)C3)OC2=O)c1. The van der Waals surface area contributed by atoms with E-state index in [4.69, 9.17) is 15.2 Å². The van der Waals surface area contributed by atoms with Crippen LogP contribution in [0.5, 0.6) is 5.75 Å². The molecule has 2 aliphatic rings. The van der Waals surface area contributed by atoms with Gasteiger partial charge >= 0.3 is 6.09 Å². The molecule has 1 amide bonds. The number of ether oxygens (including phenoxy) is 2. The molecule has 1 spiro atoms. The quantitative estimate of drug-likeness (QED) is 0.925. The van der Waals surface area contributed by atoms with Crippen LogP contribution in [-0.2, 0) is 4.74 Å². The van der Waals surface area contributed by atoms with E-state index in [-0.39, 0.29) is 11.5 Å². The van der Waals surface area contributed by atoms with Crippen molar-refractivity contribution in [2.45, 2.75) is 45.1 Å². The maximum absolute atomic E-state index is 12.4. The molecule has 3 rings (SSSR count). The van der Waals surface area contributed by atoms with Gasteiger partial charge in [0.25, 0.3) is 0 Å². The summed E-state index contributed by atoms with van der Waals surface area (Å²) in [5.74, 6) is 0.772. The van der Waals surface area contributed by atoms with Gasteiger partial charge in [0.15, 0.2) is 0 Å². The summed E-state index contributed by atoms with van der Waals surface area (Å²) in [4.78, 5) is 14.2. The highest BCUT2D eigenvalue weighted by atomic mass is 16.6. The second kappa shape index (κ2) is 6.04. The summed E-state index contributed by atoms with van der Waals surface area (Å²) in [6.45, 7) is 5.97. The largest absolute Gasteiger partial charge is 0.494 e. The van der Waals surface area contributed by atoms with Crippen LogP contribution in [-0.4, -0.2) is 31.4 Å². The highest BCUT2D eigenvalue weighted by molar-refractivity contribution is 5.90. The molecule has 0 unspecified atom stereocenters. The van der Waals surface area contributed by atoms with Crippen molar-refractivity contribution >= 4 is 11.8 Å². The number of anilines is 1. The van der Waals surface area contributed by atoms with Crippen molar-refractivity contribution in [3.8, 4) is 5.75 Å². The monoisotopic (exact) mass is 318 g/mol. The van der Waals surface area contributed by atoms with Crippen molar-refractivity contribution in [2.75, 3.05) is 24.6 Å². The molecule has 0 bridgehead atoms. The lowest BCUT2D eigenvalue weighted by molar-refractivity contribution is -0.0183. The van der Waals surface area contributed by atoms with Crippen LogP contribution >= 0.6 is 0 Å². The van der Waals surface area contributed by atoms with E-state index < -0.39 is 5.60 Å². The molecule has 1 heterocycles. The average molecular weight is 318 g/mol. The highest BCUT2D eigenvalue weighted by Crippen LogP contribution is 2.46. The fourth-order valence-corrected chi connectivity index (χ4v) is 3.92. The van der Waals surface area contributed by atoms with Crippen LogP contribution in [0.25, 0.3) is 0 Å². The first-order chi connectivity index (χ1) is 11.0. The van der Waals surface area contributed by atoms with Gasteiger partial charge in [-0.15, -0.1) is 0 Å². The van der Waals surface area contributed by atoms with Crippen molar-refractivity contribution in [3.63, 3.8) is 0 Å². The van der Waals surface area contributed by atoms with E-state index in [0.29, 0.717) is 19.7 Å². The Bertz CT molecular complexity index is 591. The molecule has 126 valence electrons. The first-order valence-corrected chi connectivity index (χ1v) is 8.43. The normalized spacial score (nSPS) is 30.6. The minimum absolute atomic E-state index is 0.0573. The van der Waals surface area contributed by atoms with Crippen LogP contribution in [0.2, 0.25) is 0 Å². The fraction of sp³-hybridized carbons (Fsp3) is 0.611. The first kappa shape index (κ1) is 16.1. The molecule has 1 aromatic carbocycles. The third kappa shape index (κ3) is 3.15. The maximum atomic E-state index is 12.4. The Kier molecular flexibility index (Phi) is 4.23. The summed E-state index contributed by atoms with van der Waals surface area (Å²) in [6, 6.07) is 7.63. The third-order valence-corrected chi connectivity index (χ3v) is 5.07. The molecular formula is C18H26N2O3. The Morgan fingerprint density at radius 3 is 2.96 bits per heavy atom. The van der Waals surface area contributed by atoms with Crippen LogP contribution in [0.1, 0.15) is 39.5 Å². The Morgan fingerprint density at radius 1 is 1.39 bits per heavy atom. The topological polar surface area (TPSA) is 64.8 Å². The number of benzene rings is 1. The highest BCUT2D eigenvalue weighted by Gasteiger charge is 2.51. The summed E-state index contributed by atoms with van der Waals surface area (Å²) >= 11 is 0. The van der Waals surface area contributed by atoms with Crippen LogP contribution in [0.3, 0.4) is 0 Å². The van der Waals surface area contributed by atoms with Gasteiger partial charge in [-0.05, 0) is 56.7 Å². The fourth-order valence-electron chi connectivity index (χ4n) is 3.92. The lowest BCUT2D eigenvalue weighted by atomic mass is 9.68. The maximum Gasteiger partial charge on any atom is 0.415 e. The van der Waals surface area contributed by atoms with Gasteiger partial charge in [0, 0.05) is 6.07 Å². The van der Waals surface area contributed by atoms with Gasteiger partial charge in [-0.25, -0.2) is 4.79 Å². The van der Waals surface area contributed by atoms with Crippen molar-refractivity contribution in [2.24, 2.45) is 11.1 Å². The second-order valence-corrected chi connectivity index (χ2v) is 7.11. The third-order valence-electron chi connectivity index (χ3n) is 5.07. The molecule has 1 aliphatic heterocycles. The zero-order chi connectivity index (χ0) is 16.5. The van der Waals surface area contributed by atoms with E-state index in [1.54, 1.807) is 4.90 Å². The molecule has 5 nitrogen and oxygen atoms in total. The average Bonchev–Trinajstić information content (AvgIpc) is 2.83. The predicted molar refractivity (Wildman–Crippen MR) is 89.8 cm³/mol. The van der Waals surface area contributed by atoms with Gasteiger partial charge in [-0.1, -0.05) is 13.0 Å². The minimum atomic E-state index is -0.398. The van der Waals surface area contributed by atoms with Crippen LogP contribution in [0.15, 0.2) is 24.3 Å². The van der Waals surface area contributed by atoms with E-state index in [0.717, 1.165) is 37.1 Å². The molecule has 5 heteroatoms.